The van der Waals surface area contributed by atoms with E-state index in [0.29, 0.717) is 0 Å². The van der Waals surface area contributed by atoms with E-state index < -0.39 is 16.6 Å². The van der Waals surface area contributed by atoms with Crippen LogP contribution in [-0.2, 0) is 18.8 Å². The summed E-state index contributed by atoms with van der Waals surface area (Å²) in [6.45, 7) is 24.4. The first-order chi connectivity index (χ1) is 13.9. The van der Waals surface area contributed by atoms with E-state index in [9.17, 15) is 9.59 Å². The molecule has 180 valence electrons. The highest BCUT2D eigenvalue weighted by Crippen LogP contribution is 2.50. The highest BCUT2D eigenvalue weighted by atomic mass is 28.4. The first-order valence-electron chi connectivity index (χ1n) is 12.0. The monoisotopic (exact) mass is 469 g/mol. The Morgan fingerprint density at radius 3 is 1.97 bits per heavy atom. The standard InChI is InChI=1S/C24H47NO4Si2/c1-16(29-31(11,12)24(5,6)7)19-20(17-14-13-15-18(28-8)21(17)26)25(22(19)27)30(9,10)23(2,3)4/h16-20H,13-15H2,1-12H3/t16-,17?,18?,19-,20-/m1/s1. The zero-order valence-corrected chi connectivity index (χ0v) is 24.1. The summed E-state index contributed by atoms with van der Waals surface area (Å²) in [6.07, 6.45) is 2.07. The van der Waals surface area contributed by atoms with Crippen molar-refractivity contribution in [3.8, 4) is 0 Å². The predicted octanol–water partition coefficient (Wildman–Crippen LogP) is 5.61. The van der Waals surface area contributed by atoms with E-state index in [1.807, 2.05) is 0 Å². The smallest absolute Gasteiger partial charge is 0.222 e. The number of ether oxygens (including phenoxy) is 1. The van der Waals surface area contributed by atoms with Crippen molar-refractivity contribution in [3.05, 3.63) is 0 Å². The minimum absolute atomic E-state index is 0.0216. The fraction of sp³-hybridized carbons (Fsp3) is 0.917. The number of ketones is 1. The van der Waals surface area contributed by atoms with Gasteiger partial charge in [0, 0.05) is 19.1 Å². The molecule has 1 aliphatic heterocycles. The van der Waals surface area contributed by atoms with Crippen LogP contribution in [0.2, 0.25) is 36.3 Å². The summed E-state index contributed by atoms with van der Waals surface area (Å²) in [7, 11) is -2.53. The maximum atomic E-state index is 13.7. The lowest BCUT2D eigenvalue weighted by molar-refractivity contribution is -0.163. The molecule has 2 unspecified atom stereocenters. The average Bonchev–Trinajstić information content (AvgIpc) is 2.57. The van der Waals surface area contributed by atoms with E-state index in [0.717, 1.165) is 19.3 Å². The van der Waals surface area contributed by atoms with Gasteiger partial charge in [0.15, 0.2) is 22.3 Å². The molecule has 0 N–H and O–H groups in total. The highest BCUT2D eigenvalue weighted by molar-refractivity contribution is 6.80. The molecule has 0 radical (unpaired) electrons. The summed E-state index contributed by atoms with van der Waals surface area (Å²) in [5.41, 5.74) is 0. The molecule has 0 bridgehead atoms. The predicted molar refractivity (Wildman–Crippen MR) is 132 cm³/mol. The number of carbonyl (C=O) groups excluding carboxylic acids is 2. The van der Waals surface area contributed by atoms with Gasteiger partial charge >= 0.3 is 0 Å². The van der Waals surface area contributed by atoms with Crippen LogP contribution in [0.5, 0.6) is 0 Å². The van der Waals surface area contributed by atoms with E-state index in [1.165, 1.54) is 0 Å². The molecule has 31 heavy (non-hydrogen) atoms. The number of methoxy groups -OCH3 is 1. The first kappa shape index (κ1) is 26.7. The van der Waals surface area contributed by atoms with E-state index >= 15 is 0 Å². The van der Waals surface area contributed by atoms with Gasteiger partial charge in [0.05, 0.1) is 12.0 Å². The maximum absolute atomic E-state index is 13.7. The number of rotatable bonds is 6. The average molecular weight is 470 g/mol. The molecule has 0 aromatic heterocycles. The second-order valence-corrected chi connectivity index (χ2v) is 22.6. The summed E-state index contributed by atoms with van der Waals surface area (Å²) in [4.78, 5) is 27.0. The number of β-lactam (4-membered cyclic amide) rings is 1. The van der Waals surface area contributed by atoms with Gasteiger partial charge in [-0.1, -0.05) is 54.6 Å². The summed E-state index contributed by atoms with van der Waals surface area (Å²) >= 11 is 0. The van der Waals surface area contributed by atoms with E-state index in [-0.39, 0.29) is 51.9 Å². The molecule has 1 amide bonds. The molecule has 1 aliphatic carbocycles. The number of hydrogen-bond donors (Lipinski definition) is 0. The summed E-state index contributed by atoms with van der Waals surface area (Å²) in [6, 6.07) is -0.0707. The van der Waals surface area contributed by atoms with Crippen molar-refractivity contribution in [2.75, 3.05) is 7.11 Å². The Labute approximate surface area is 192 Å². The van der Waals surface area contributed by atoms with Crippen LogP contribution in [0.25, 0.3) is 0 Å². The number of carbonyl (C=O) groups is 2. The molecule has 2 fully saturated rings. The van der Waals surface area contributed by atoms with Gasteiger partial charge in [-0.2, -0.15) is 0 Å². The minimum Gasteiger partial charge on any atom is -0.413 e. The fourth-order valence-electron chi connectivity index (χ4n) is 4.78. The molecule has 5 atom stereocenters. The van der Waals surface area contributed by atoms with Gasteiger partial charge in [0.1, 0.15) is 6.10 Å². The zero-order chi connectivity index (χ0) is 24.2. The molecular weight excluding hydrogens is 422 g/mol. The van der Waals surface area contributed by atoms with Crippen molar-refractivity contribution < 1.29 is 18.8 Å². The van der Waals surface area contributed by atoms with Crippen LogP contribution in [0.4, 0.5) is 0 Å². The Kier molecular flexibility index (Phi) is 7.50. The fourth-order valence-corrected chi connectivity index (χ4v) is 8.72. The lowest BCUT2D eigenvalue weighted by atomic mass is 9.71. The molecule has 1 saturated heterocycles. The normalized spacial score (nSPS) is 29.7. The third-order valence-corrected chi connectivity index (χ3v) is 18.7. The van der Waals surface area contributed by atoms with Gasteiger partial charge < -0.3 is 13.7 Å². The van der Waals surface area contributed by atoms with Crippen LogP contribution in [0, 0.1) is 11.8 Å². The Morgan fingerprint density at radius 1 is 0.968 bits per heavy atom. The maximum Gasteiger partial charge on any atom is 0.222 e. The van der Waals surface area contributed by atoms with Crippen molar-refractivity contribution in [1.29, 1.82) is 0 Å². The molecule has 0 spiro atoms. The molecule has 7 heteroatoms. The molecule has 5 nitrogen and oxygen atoms in total. The van der Waals surface area contributed by atoms with E-state index in [1.54, 1.807) is 7.11 Å². The van der Waals surface area contributed by atoms with Gasteiger partial charge in [-0.25, -0.2) is 0 Å². The summed E-state index contributed by atoms with van der Waals surface area (Å²) < 4.78 is 14.4. The second-order valence-electron chi connectivity index (χ2n) is 12.8. The second kappa shape index (κ2) is 8.69. The summed E-state index contributed by atoms with van der Waals surface area (Å²) in [5.74, 6) is -0.0246. The van der Waals surface area contributed by atoms with Crippen molar-refractivity contribution in [2.45, 2.75) is 122 Å². The SMILES string of the molecule is COC1CCCC([C@@H]2[C@@H]([C@@H](C)O[Si](C)(C)C(C)(C)C)C(=O)N2[Si](C)(C)C(C)(C)C)C1=O. The highest BCUT2D eigenvalue weighted by Gasteiger charge is 2.62. The van der Waals surface area contributed by atoms with Crippen LogP contribution < -0.4 is 0 Å². The van der Waals surface area contributed by atoms with Gasteiger partial charge in [0.25, 0.3) is 0 Å². The van der Waals surface area contributed by atoms with Crippen LogP contribution in [0.15, 0.2) is 0 Å². The van der Waals surface area contributed by atoms with Crippen LogP contribution >= 0.6 is 0 Å². The summed E-state index contributed by atoms with van der Waals surface area (Å²) in [5, 5.41) is 0.0955. The van der Waals surface area contributed by atoms with Crippen molar-refractivity contribution in [2.24, 2.45) is 11.8 Å². The molecule has 1 saturated carbocycles. The minimum atomic E-state index is -2.13. The molecule has 2 rings (SSSR count). The lowest BCUT2D eigenvalue weighted by Crippen LogP contribution is -2.77. The van der Waals surface area contributed by atoms with Crippen LogP contribution in [-0.4, -0.2) is 58.2 Å². The first-order valence-corrected chi connectivity index (χ1v) is 17.8. The molecule has 2 aliphatic rings. The lowest BCUT2D eigenvalue weighted by Gasteiger charge is -2.62. The molecular formula is C24H47NO4Si2. The molecule has 1 heterocycles. The van der Waals surface area contributed by atoms with Gasteiger partial charge in [-0.05, 0) is 49.4 Å². The van der Waals surface area contributed by atoms with Crippen molar-refractivity contribution >= 4 is 28.2 Å². The topological polar surface area (TPSA) is 55.8 Å². The largest absolute Gasteiger partial charge is 0.413 e. The molecule has 0 aromatic rings. The van der Waals surface area contributed by atoms with Crippen LogP contribution in [0.3, 0.4) is 0 Å². The Bertz CT molecular complexity index is 693. The van der Waals surface area contributed by atoms with Gasteiger partial charge in [-0.15, -0.1) is 0 Å². The van der Waals surface area contributed by atoms with Crippen molar-refractivity contribution in [3.63, 3.8) is 0 Å². The Morgan fingerprint density at radius 2 is 1.52 bits per heavy atom. The molecule has 0 aromatic carbocycles. The third kappa shape index (κ3) is 4.75. The van der Waals surface area contributed by atoms with E-state index in [2.05, 4.69) is 79.2 Å². The third-order valence-electron chi connectivity index (χ3n) is 8.78. The zero-order valence-electron chi connectivity index (χ0n) is 22.1. The number of Topliss-reactive ketones (excluding diaryl/α,β-unsaturated/α-hetero) is 1. The van der Waals surface area contributed by atoms with E-state index in [4.69, 9.17) is 9.16 Å². The van der Waals surface area contributed by atoms with Gasteiger partial charge in [-0.3, -0.25) is 9.59 Å². The number of nitrogens with zero attached hydrogens (tertiary/aromatic N) is 1. The number of hydrogen-bond acceptors (Lipinski definition) is 4. The quantitative estimate of drug-likeness (QED) is 0.374. The van der Waals surface area contributed by atoms with Crippen LogP contribution in [0.1, 0.15) is 67.7 Å². The van der Waals surface area contributed by atoms with Crippen molar-refractivity contribution in [1.82, 2.24) is 4.57 Å². The Balaban J connectivity index is 2.43. The number of amides is 1. The van der Waals surface area contributed by atoms with Gasteiger partial charge in [0.2, 0.25) is 5.91 Å². The Hall–Kier alpha value is -0.506.